The number of carbonyl (C=O) groups excluding carboxylic acids is 2. The molecule has 1 atom stereocenters. The summed E-state index contributed by atoms with van der Waals surface area (Å²) in [6.45, 7) is 0. The van der Waals surface area contributed by atoms with Crippen molar-refractivity contribution in [3.63, 3.8) is 0 Å². The van der Waals surface area contributed by atoms with E-state index in [9.17, 15) is 14.0 Å². The maximum Gasteiger partial charge on any atom is 0.309 e. The third-order valence-corrected chi connectivity index (χ3v) is 6.14. The second-order valence-corrected chi connectivity index (χ2v) is 8.51. The van der Waals surface area contributed by atoms with Gasteiger partial charge in [-0.05, 0) is 53.1 Å². The number of carbonyl (C=O) groups is 2. The number of esters is 1. The van der Waals surface area contributed by atoms with Crippen molar-refractivity contribution in [1.82, 2.24) is 9.55 Å². The highest BCUT2D eigenvalue weighted by molar-refractivity contribution is 6.24. The molecule has 0 spiro atoms. The molecule has 0 saturated heterocycles. The van der Waals surface area contributed by atoms with Crippen LogP contribution < -0.4 is 5.32 Å². The number of ether oxygens (including phenoxy) is 1. The molecule has 7 nitrogen and oxygen atoms in total. The van der Waals surface area contributed by atoms with Crippen LogP contribution in [0.1, 0.15) is 22.6 Å². The predicted octanol–water partition coefficient (Wildman–Crippen LogP) is 4.80. The van der Waals surface area contributed by atoms with Gasteiger partial charge in [-0.25, -0.2) is 9.37 Å². The average molecular weight is 483 g/mol. The van der Waals surface area contributed by atoms with Gasteiger partial charge in [-0.15, -0.1) is 0 Å². The van der Waals surface area contributed by atoms with Crippen LogP contribution >= 0.6 is 0 Å². The summed E-state index contributed by atoms with van der Waals surface area (Å²) < 4.78 is 20.5. The fourth-order valence-corrected chi connectivity index (χ4v) is 4.30. The normalized spacial score (nSPS) is 14.9. The van der Waals surface area contributed by atoms with Crippen LogP contribution in [0.3, 0.4) is 0 Å². The standard InChI is InChI=1S/C28H23FN4O3/c1-33-14-13-30-27(33)19-7-10-21(11-8-19)31-26(18-5-3-17(4-6-18)15-24(34)36-2)25-22-12-9-20(29)16-23(22)32-28(25)35/h3-14,16,25H,15H2,1-2H3,(H,32,35). The molecule has 5 rings (SSSR count). The Morgan fingerprint density at radius 3 is 2.53 bits per heavy atom. The second kappa shape index (κ2) is 9.58. The quantitative estimate of drug-likeness (QED) is 0.316. The van der Waals surface area contributed by atoms with Gasteiger partial charge in [-0.3, -0.25) is 14.6 Å². The minimum Gasteiger partial charge on any atom is -0.469 e. The van der Waals surface area contributed by atoms with Crippen molar-refractivity contribution in [2.75, 3.05) is 12.4 Å². The smallest absolute Gasteiger partial charge is 0.309 e. The average Bonchev–Trinajstić information content (AvgIpc) is 3.45. The van der Waals surface area contributed by atoms with Crippen molar-refractivity contribution in [2.24, 2.45) is 12.0 Å². The maximum absolute atomic E-state index is 13.8. The molecule has 180 valence electrons. The number of amides is 1. The molecule has 2 heterocycles. The van der Waals surface area contributed by atoms with Gasteiger partial charge in [0.25, 0.3) is 0 Å². The molecule has 1 aliphatic rings. The van der Waals surface area contributed by atoms with Gasteiger partial charge in [-0.1, -0.05) is 30.3 Å². The Kier molecular flexibility index (Phi) is 6.16. The number of halogens is 1. The Morgan fingerprint density at radius 2 is 1.86 bits per heavy atom. The number of benzene rings is 3. The van der Waals surface area contributed by atoms with Crippen molar-refractivity contribution in [3.05, 3.63) is 102 Å². The van der Waals surface area contributed by atoms with E-state index in [2.05, 4.69) is 10.3 Å². The van der Waals surface area contributed by atoms with Crippen LogP contribution in [0.2, 0.25) is 0 Å². The highest BCUT2D eigenvalue weighted by Gasteiger charge is 2.35. The fourth-order valence-electron chi connectivity index (χ4n) is 4.30. The molecular formula is C28H23FN4O3. The number of nitrogens with zero attached hydrogens (tertiary/aromatic N) is 3. The molecule has 1 amide bonds. The number of aliphatic imine (C=N–C) groups is 1. The first-order valence-corrected chi connectivity index (χ1v) is 11.4. The monoisotopic (exact) mass is 482 g/mol. The van der Waals surface area contributed by atoms with E-state index in [1.54, 1.807) is 12.3 Å². The molecule has 0 aliphatic carbocycles. The number of rotatable bonds is 6. The van der Waals surface area contributed by atoms with Crippen molar-refractivity contribution >= 4 is 29.0 Å². The van der Waals surface area contributed by atoms with Crippen LogP contribution in [0.4, 0.5) is 15.8 Å². The zero-order chi connectivity index (χ0) is 25.2. The van der Waals surface area contributed by atoms with Gasteiger partial charge in [0.05, 0.1) is 24.9 Å². The molecule has 1 aromatic heterocycles. The van der Waals surface area contributed by atoms with Crippen LogP contribution in [0, 0.1) is 5.82 Å². The lowest BCUT2D eigenvalue weighted by molar-refractivity contribution is -0.139. The van der Waals surface area contributed by atoms with Crippen LogP contribution in [-0.2, 0) is 27.8 Å². The summed E-state index contributed by atoms with van der Waals surface area (Å²) >= 11 is 0. The Hall–Kier alpha value is -4.59. The molecule has 3 aromatic carbocycles. The van der Waals surface area contributed by atoms with E-state index in [4.69, 9.17) is 9.73 Å². The van der Waals surface area contributed by atoms with E-state index < -0.39 is 11.7 Å². The summed E-state index contributed by atoms with van der Waals surface area (Å²) in [4.78, 5) is 34.0. The molecule has 4 aromatic rings. The summed E-state index contributed by atoms with van der Waals surface area (Å²) in [5, 5.41) is 2.77. The number of imidazole rings is 1. The number of nitrogens with one attached hydrogen (secondary N) is 1. The number of aryl methyl sites for hydroxylation is 1. The zero-order valence-electron chi connectivity index (χ0n) is 19.7. The van der Waals surface area contributed by atoms with E-state index >= 15 is 0 Å². The van der Waals surface area contributed by atoms with Gasteiger partial charge >= 0.3 is 5.97 Å². The van der Waals surface area contributed by atoms with Gasteiger partial charge < -0.3 is 14.6 Å². The Labute approximate surface area is 207 Å². The molecule has 1 unspecified atom stereocenters. The summed E-state index contributed by atoms with van der Waals surface area (Å²) in [7, 11) is 3.27. The van der Waals surface area contributed by atoms with Crippen LogP contribution in [0.15, 0.2) is 84.1 Å². The Bertz CT molecular complexity index is 1470. The first-order valence-electron chi connectivity index (χ1n) is 11.4. The van der Waals surface area contributed by atoms with E-state index in [0.717, 1.165) is 17.0 Å². The van der Waals surface area contributed by atoms with Gasteiger partial charge in [0.15, 0.2) is 0 Å². The molecule has 8 heteroatoms. The molecule has 0 saturated carbocycles. The third-order valence-electron chi connectivity index (χ3n) is 6.14. The number of methoxy groups -OCH3 is 1. The predicted molar refractivity (Wildman–Crippen MR) is 135 cm³/mol. The van der Waals surface area contributed by atoms with E-state index in [1.807, 2.05) is 66.3 Å². The lowest BCUT2D eigenvalue weighted by atomic mass is 9.90. The fraction of sp³-hybridized carbons (Fsp3) is 0.143. The van der Waals surface area contributed by atoms with Gasteiger partial charge in [-0.2, -0.15) is 0 Å². The zero-order valence-corrected chi connectivity index (χ0v) is 19.7. The van der Waals surface area contributed by atoms with Crippen molar-refractivity contribution < 1.29 is 18.7 Å². The summed E-state index contributed by atoms with van der Waals surface area (Å²) in [6.07, 6.45) is 3.76. The maximum atomic E-state index is 13.8. The lowest BCUT2D eigenvalue weighted by Crippen LogP contribution is -2.22. The summed E-state index contributed by atoms with van der Waals surface area (Å²) in [5.74, 6) is -0.933. The lowest BCUT2D eigenvalue weighted by Gasteiger charge is -2.15. The molecule has 0 radical (unpaired) electrons. The number of anilines is 1. The number of hydrogen-bond donors (Lipinski definition) is 1. The minimum atomic E-state index is -0.721. The molecule has 0 fully saturated rings. The topological polar surface area (TPSA) is 85.6 Å². The van der Waals surface area contributed by atoms with E-state index in [-0.39, 0.29) is 18.3 Å². The van der Waals surface area contributed by atoms with Crippen LogP contribution in [0.25, 0.3) is 11.4 Å². The Balaban J connectivity index is 1.56. The summed E-state index contributed by atoms with van der Waals surface area (Å²) in [6, 6.07) is 19.1. The number of fused-ring (bicyclic) bond motifs is 1. The summed E-state index contributed by atoms with van der Waals surface area (Å²) in [5.41, 5.74) is 4.71. The highest BCUT2D eigenvalue weighted by Crippen LogP contribution is 2.37. The Morgan fingerprint density at radius 1 is 1.11 bits per heavy atom. The van der Waals surface area contributed by atoms with Crippen molar-refractivity contribution in [3.8, 4) is 11.4 Å². The number of hydrogen-bond acceptors (Lipinski definition) is 5. The number of aromatic nitrogens is 2. The molecule has 1 N–H and O–H groups in total. The second-order valence-electron chi connectivity index (χ2n) is 8.51. The SMILES string of the molecule is COC(=O)Cc1ccc(C(=Nc2ccc(-c3nccn3C)cc2)C2C(=O)Nc3cc(F)ccc32)cc1. The highest BCUT2D eigenvalue weighted by atomic mass is 19.1. The van der Waals surface area contributed by atoms with Gasteiger partial charge in [0.2, 0.25) is 5.91 Å². The van der Waals surface area contributed by atoms with Gasteiger partial charge in [0, 0.05) is 30.7 Å². The van der Waals surface area contributed by atoms with E-state index in [0.29, 0.717) is 28.2 Å². The van der Waals surface area contributed by atoms with E-state index in [1.165, 1.54) is 19.2 Å². The third kappa shape index (κ3) is 4.53. The molecule has 1 aliphatic heterocycles. The van der Waals surface area contributed by atoms with Crippen molar-refractivity contribution in [1.29, 1.82) is 0 Å². The van der Waals surface area contributed by atoms with Crippen LogP contribution in [0.5, 0.6) is 0 Å². The molecular weight excluding hydrogens is 459 g/mol. The molecule has 0 bridgehead atoms. The minimum absolute atomic E-state index is 0.143. The van der Waals surface area contributed by atoms with Crippen LogP contribution in [-0.4, -0.2) is 34.2 Å². The largest absolute Gasteiger partial charge is 0.469 e. The van der Waals surface area contributed by atoms with Gasteiger partial charge in [0.1, 0.15) is 17.6 Å². The first kappa shape index (κ1) is 23.2. The molecule has 36 heavy (non-hydrogen) atoms. The van der Waals surface area contributed by atoms with Crippen molar-refractivity contribution in [2.45, 2.75) is 12.3 Å². The first-order chi connectivity index (χ1) is 17.4.